The van der Waals surface area contributed by atoms with Crippen LogP contribution < -0.4 is 10.6 Å². The van der Waals surface area contributed by atoms with Gasteiger partial charge in [-0.25, -0.2) is 0 Å². The maximum atomic E-state index is 12.2. The second kappa shape index (κ2) is 25.0. The van der Waals surface area contributed by atoms with E-state index in [0.717, 1.165) is 39.3 Å². The number of carbonyl (C=O) groups is 2. The van der Waals surface area contributed by atoms with Crippen LogP contribution in [0.4, 0.5) is 0 Å². The average Bonchev–Trinajstić information content (AvgIpc) is 2.83. The lowest BCUT2D eigenvalue weighted by molar-refractivity contribution is -0.122. The highest BCUT2D eigenvalue weighted by Gasteiger charge is 2.08. The molecule has 0 aromatic heterocycles. The van der Waals surface area contributed by atoms with Gasteiger partial charge in [0, 0.05) is 39.0 Å². The van der Waals surface area contributed by atoms with Gasteiger partial charge in [0.1, 0.15) is 0 Å². The molecular weight excluding hydrogens is 424 g/mol. The molecule has 0 aromatic rings. The minimum Gasteiger partial charge on any atom is -0.355 e. The SMILES string of the molecule is CCCCCCCN(CCCCCC)CCNC(=O)CCCC(=O)NCCN(CC)CCCC. The molecule has 0 aromatic carbocycles. The zero-order chi connectivity index (χ0) is 25.3. The molecular formula is C28H58N4O2. The Bertz CT molecular complexity index is 473. The molecule has 0 bridgehead atoms. The maximum absolute atomic E-state index is 12.2. The van der Waals surface area contributed by atoms with E-state index in [1.807, 2.05) is 0 Å². The molecule has 6 nitrogen and oxygen atoms in total. The van der Waals surface area contributed by atoms with Crippen molar-refractivity contribution in [3.63, 3.8) is 0 Å². The monoisotopic (exact) mass is 482 g/mol. The molecule has 0 heterocycles. The molecule has 2 amide bonds. The van der Waals surface area contributed by atoms with E-state index in [9.17, 15) is 9.59 Å². The Morgan fingerprint density at radius 1 is 0.500 bits per heavy atom. The van der Waals surface area contributed by atoms with Crippen LogP contribution >= 0.6 is 0 Å². The summed E-state index contributed by atoms with van der Waals surface area (Å²) in [4.78, 5) is 29.2. The van der Waals surface area contributed by atoms with Crippen LogP contribution in [0.1, 0.15) is 118 Å². The molecule has 34 heavy (non-hydrogen) atoms. The van der Waals surface area contributed by atoms with Gasteiger partial charge in [-0.3, -0.25) is 9.59 Å². The number of rotatable bonds is 25. The predicted octanol–water partition coefficient (Wildman–Crippen LogP) is 5.36. The smallest absolute Gasteiger partial charge is 0.220 e. The van der Waals surface area contributed by atoms with Crippen LogP contribution in [-0.4, -0.2) is 74.0 Å². The van der Waals surface area contributed by atoms with Gasteiger partial charge in [-0.1, -0.05) is 79.1 Å². The molecule has 0 aliphatic rings. The molecule has 202 valence electrons. The fraction of sp³-hybridized carbons (Fsp3) is 0.929. The number of nitrogens with one attached hydrogen (secondary N) is 2. The van der Waals surface area contributed by atoms with Crippen LogP contribution in [0.25, 0.3) is 0 Å². The van der Waals surface area contributed by atoms with Crippen molar-refractivity contribution in [2.24, 2.45) is 0 Å². The van der Waals surface area contributed by atoms with E-state index >= 15 is 0 Å². The topological polar surface area (TPSA) is 64.7 Å². The summed E-state index contributed by atoms with van der Waals surface area (Å²) in [5.74, 6) is 0.124. The van der Waals surface area contributed by atoms with Gasteiger partial charge in [0.05, 0.1) is 0 Å². The number of hydrogen-bond acceptors (Lipinski definition) is 4. The molecule has 0 rings (SSSR count). The summed E-state index contributed by atoms with van der Waals surface area (Å²) >= 11 is 0. The first-order chi connectivity index (χ1) is 16.6. The van der Waals surface area contributed by atoms with Gasteiger partial charge in [-0.15, -0.1) is 0 Å². The van der Waals surface area contributed by atoms with Crippen molar-refractivity contribution >= 4 is 11.8 Å². The first-order valence-corrected chi connectivity index (χ1v) is 14.5. The number of unbranched alkanes of at least 4 members (excludes halogenated alkanes) is 8. The zero-order valence-electron chi connectivity index (χ0n) is 23.3. The van der Waals surface area contributed by atoms with Gasteiger partial charge >= 0.3 is 0 Å². The van der Waals surface area contributed by atoms with E-state index in [4.69, 9.17) is 0 Å². The van der Waals surface area contributed by atoms with Crippen molar-refractivity contribution in [2.45, 2.75) is 118 Å². The molecule has 0 unspecified atom stereocenters. The van der Waals surface area contributed by atoms with Crippen LogP contribution in [0, 0.1) is 0 Å². The summed E-state index contributed by atoms with van der Waals surface area (Å²) in [5, 5.41) is 6.06. The Morgan fingerprint density at radius 3 is 1.44 bits per heavy atom. The van der Waals surface area contributed by atoms with Crippen molar-refractivity contribution in [3.8, 4) is 0 Å². The average molecular weight is 483 g/mol. The molecule has 0 fully saturated rings. The minimum atomic E-state index is 0.0562. The molecule has 2 N–H and O–H groups in total. The number of likely N-dealkylation sites (N-methyl/N-ethyl adjacent to an activating group) is 1. The predicted molar refractivity (Wildman–Crippen MR) is 146 cm³/mol. The summed E-state index contributed by atoms with van der Waals surface area (Å²) in [7, 11) is 0. The molecule has 0 saturated heterocycles. The summed E-state index contributed by atoms with van der Waals surface area (Å²) in [6, 6.07) is 0. The maximum Gasteiger partial charge on any atom is 0.220 e. The summed E-state index contributed by atoms with van der Waals surface area (Å²) in [5.41, 5.74) is 0. The highest BCUT2D eigenvalue weighted by Crippen LogP contribution is 2.06. The quantitative estimate of drug-likeness (QED) is 0.172. The highest BCUT2D eigenvalue weighted by molar-refractivity contribution is 5.78. The van der Waals surface area contributed by atoms with Gasteiger partial charge < -0.3 is 20.4 Å². The standard InChI is InChI=1S/C28H58N4O2/c1-5-9-12-14-16-24-32(23-15-13-10-6-2)26-21-30-28(34)19-17-18-27(33)29-20-25-31(8-4)22-11-7-3/h5-26H2,1-4H3,(H,29,33)(H,30,34). The molecule has 6 heteroatoms. The Hall–Kier alpha value is -1.14. The van der Waals surface area contributed by atoms with Gasteiger partial charge in [0.15, 0.2) is 0 Å². The fourth-order valence-corrected chi connectivity index (χ4v) is 4.14. The van der Waals surface area contributed by atoms with Crippen molar-refractivity contribution in [1.82, 2.24) is 20.4 Å². The zero-order valence-corrected chi connectivity index (χ0v) is 23.3. The van der Waals surface area contributed by atoms with Gasteiger partial charge in [-0.05, 0) is 51.9 Å². The first-order valence-electron chi connectivity index (χ1n) is 14.5. The third kappa shape index (κ3) is 21.4. The molecule has 0 radical (unpaired) electrons. The highest BCUT2D eigenvalue weighted by atomic mass is 16.2. The molecule has 0 aliphatic heterocycles. The van der Waals surface area contributed by atoms with Crippen LogP contribution in [-0.2, 0) is 9.59 Å². The van der Waals surface area contributed by atoms with Crippen molar-refractivity contribution in [2.75, 3.05) is 52.4 Å². The normalized spacial score (nSPS) is 11.4. The third-order valence-corrected chi connectivity index (χ3v) is 6.49. The Kier molecular flexibility index (Phi) is 24.1. The molecule has 0 aliphatic carbocycles. The van der Waals surface area contributed by atoms with E-state index < -0.39 is 0 Å². The number of nitrogens with zero attached hydrogens (tertiary/aromatic N) is 2. The van der Waals surface area contributed by atoms with Gasteiger partial charge in [-0.2, -0.15) is 0 Å². The summed E-state index contributed by atoms with van der Waals surface area (Å²) in [6.07, 6.45) is 15.5. The van der Waals surface area contributed by atoms with E-state index in [1.165, 1.54) is 70.6 Å². The van der Waals surface area contributed by atoms with Gasteiger partial charge in [0.25, 0.3) is 0 Å². The van der Waals surface area contributed by atoms with Crippen molar-refractivity contribution < 1.29 is 9.59 Å². The Labute approximate surface area is 212 Å². The van der Waals surface area contributed by atoms with Crippen LogP contribution in [0.3, 0.4) is 0 Å². The lowest BCUT2D eigenvalue weighted by atomic mass is 10.1. The number of hydrogen-bond donors (Lipinski definition) is 2. The Balaban J connectivity index is 3.98. The number of carbonyl (C=O) groups excluding carboxylic acids is 2. The van der Waals surface area contributed by atoms with E-state index in [-0.39, 0.29) is 11.8 Å². The largest absolute Gasteiger partial charge is 0.355 e. The van der Waals surface area contributed by atoms with Gasteiger partial charge in [0.2, 0.25) is 11.8 Å². The van der Waals surface area contributed by atoms with Crippen molar-refractivity contribution in [1.29, 1.82) is 0 Å². The lowest BCUT2D eigenvalue weighted by Crippen LogP contribution is -2.36. The third-order valence-electron chi connectivity index (χ3n) is 6.49. The molecule has 0 saturated carbocycles. The summed E-state index contributed by atoms with van der Waals surface area (Å²) in [6.45, 7) is 16.5. The van der Waals surface area contributed by atoms with E-state index in [1.54, 1.807) is 0 Å². The number of amides is 2. The second-order valence-electron chi connectivity index (χ2n) is 9.66. The van der Waals surface area contributed by atoms with E-state index in [0.29, 0.717) is 32.4 Å². The fourth-order valence-electron chi connectivity index (χ4n) is 4.14. The Morgan fingerprint density at radius 2 is 0.941 bits per heavy atom. The van der Waals surface area contributed by atoms with E-state index in [2.05, 4.69) is 48.1 Å². The van der Waals surface area contributed by atoms with Crippen molar-refractivity contribution in [3.05, 3.63) is 0 Å². The van der Waals surface area contributed by atoms with Crippen LogP contribution in [0.2, 0.25) is 0 Å². The lowest BCUT2D eigenvalue weighted by Gasteiger charge is -2.22. The second-order valence-corrected chi connectivity index (χ2v) is 9.66. The van der Waals surface area contributed by atoms with Crippen LogP contribution in [0.5, 0.6) is 0 Å². The summed E-state index contributed by atoms with van der Waals surface area (Å²) < 4.78 is 0. The molecule has 0 atom stereocenters. The molecule has 0 spiro atoms. The first kappa shape index (κ1) is 32.9. The minimum absolute atomic E-state index is 0.0562. The van der Waals surface area contributed by atoms with Crippen LogP contribution in [0.15, 0.2) is 0 Å².